The first kappa shape index (κ1) is 17.0. The van der Waals surface area contributed by atoms with Gasteiger partial charge in [0.05, 0.1) is 5.25 Å². The first-order valence-electron chi connectivity index (χ1n) is 7.83. The fraction of sp³-hybridized carbons (Fsp3) is 0.562. The van der Waals surface area contributed by atoms with E-state index in [1.165, 1.54) is 0 Å². The third-order valence-electron chi connectivity index (χ3n) is 4.00. The minimum atomic E-state index is -3.34. The smallest absolute Gasteiger partial charge is 0.239 e. The molecule has 1 aromatic rings. The van der Waals surface area contributed by atoms with Crippen LogP contribution < -0.4 is 10.6 Å². The molecule has 0 saturated heterocycles. The van der Waals surface area contributed by atoms with Gasteiger partial charge < -0.3 is 10.6 Å². The number of anilines is 1. The van der Waals surface area contributed by atoms with Crippen LogP contribution in [0.15, 0.2) is 24.3 Å². The molecular weight excluding hydrogens is 300 g/mol. The van der Waals surface area contributed by atoms with E-state index in [-0.39, 0.29) is 5.25 Å². The second-order valence-corrected chi connectivity index (χ2v) is 7.98. The largest absolute Gasteiger partial charge is 0.325 e. The Labute approximate surface area is 132 Å². The molecule has 0 atom stereocenters. The molecule has 2 N–H and O–H groups in total. The first-order chi connectivity index (χ1) is 10.5. The van der Waals surface area contributed by atoms with Gasteiger partial charge in [-0.05, 0) is 31.0 Å². The molecule has 22 heavy (non-hydrogen) atoms. The summed E-state index contributed by atoms with van der Waals surface area (Å²) in [5.41, 5.74) is 1.63. The minimum absolute atomic E-state index is 0.338. The Kier molecular flexibility index (Phi) is 5.97. The summed E-state index contributed by atoms with van der Waals surface area (Å²) in [5, 5.41) is 5.60. The van der Waals surface area contributed by atoms with Gasteiger partial charge >= 0.3 is 0 Å². The van der Waals surface area contributed by atoms with Crippen LogP contribution in [-0.4, -0.2) is 31.9 Å². The zero-order valence-corrected chi connectivity index (χ0v) is 13.8. The van der Waals surface area contributed by atoms with Crippen LogP contribution in [0, 0.1) is 0 Å². The molecule has 6 heteroatoms. The van der Waals surface area contributed by atoms with Gasteiger partial charge in [0.1, 0.15) is 5.75 Å². The Bertz CT molecular complexity index is 608. The van der Waals surface area contributed by atoms with E-state index in [4.69, 9.17) is 0 Å². The van der Waals surface area contributed by atoms with Gasteiger partial charge in [-0.3, -0.25) is 4.79 Å². The van der Waals surface area contributed by atoms with Crippen molar-refractivity contribution in [3.63, 3.8) is 0 Å². The Morgan fingerprint density at radius 2 is 1.91 bits per heavy atom. The Morgan fingerprint density at radius 1 is 1.23 bits per heavy atom. The second kappa shape index (κ2) is 7.74. The summed E-state index contributed by atoms with van der Waals surface area (Å²) in [6.45, 7) is 3.48. The summed E-state index contributed by atoms with van der Waals surface area (Å²) in [7, 11) is -3.34. The number of nitrogens with one attached hydrogen (secondary N) is 2. The van der Waals surface area contributed by atoms with E-state index in [0.29, 0.717) is 25.1 Å². The third-order valence-corrected chi connectivity index (χ3v) is 6.15. The lowest BCUT2D eigenvalue weighted by atomic mass is 10.1. The molecule has 0 radical (unpaired) electrons. The summed E-state index contributed by atoms with van der Waals surface area (Å²) in [6.07, 6.45) is 3.26. The molecule has 1 saturated carbocycles. The van der Waals surface area contributed by atoms with Gasteiger partial charge in [0, 0.05) is 12.2 Å². The van der Waals surface area contributed by atoms with Crippen molar-refractivity contribution in [2.45, 2.75) is 44.4 Å². The van der Waals surface area contributed by atoms with Crippen LogP contribution in [0.25, 0.3) is 0 Å². The average Bonchev–Trinajstić information content (AvgIpc) is 3.01. The number of benzene rings is 1. The fourth-order valence-corrected chi connectivity index (χ4v) is 4.52. The number of carbonyl (C=O) groups excluding carboxylic acids is 1. The van der Waals surface area contributed by atoms with Crippen molar-refractivity contribution in [1.82, 2.24) is 5.32 Å². The van der Waals surface area contributed by atoms with Gasteiger partial charge in [0.2, 0.25) is 5.91 Å². The lowest BCUT2D eigenvalue weighted by molar-refractivity contribution is -0.113. The molecular formula is C16H24N2O3S. The van der Waals surface area contributed by atoms with Crippen LogP contribution >= 0.6 is 0 Å². The molecule has 0 aromatic heterocycles. The molecule has 1 amide bonds. The van der Waals surface area contributed by atoms with Gasteiger partial charge in [-0.25, -0.2) is 8.42 Å². The van der Waals surface area contributed by atoms with Crippen LogP contribution in [0.5, 0.6) is 0 Å². The number of hydrogen-bond acceptors (Lipinski definition) is 4. The number of para-hydroxylation sites is 1. The molecule has 0 spiro atoms. The molecule has 1 aromatic carbocycles. The molecule has 1 aliphatic carbocycles. The molecule has 0 aliphatic heterocycles. The van der Waals surface area contributed by atoms with Crippen molar-refractivity contribution in [3.05, 3.63) is 29.8 Å². The third kappa shape index (κ3) is 4.55. The van der Waals surface area contributed by atoms with E-state index in [1.54, 1.807) is 6.07 Å². The van der Waals surface area contributed by atoms with Crippen molar-refractivity contribution in [1.29, 1.82) is 0 Å². The van der Waals surface area contributed by atoms with Crippen molar-refractivity contribution in [2.75, 3.05) is 17.6 Å². The van der Waals surface area contributed by atoms with Crippen LogP contribution in [-0.2, 0) is 21.2 Å². The lowest BCUT2D eigenvalue weighted by Gasteiger charge is -2.13. The number of amides is 1. The zero-order chi connectivity index (χ0) is 16.0. The molecule has 2 rings (SSSR count). The van der Waals surface area contributed by atoms with E-state index in [0.717, 1.165) is 24.9 Å². The molecule has 0 heterocycles. The number of carbonyl (C=O) groups is 1. The highest BCUT2D eigenvalue weighted by Crippen LogP contribution is 2.25. The lowest BCUT2D eigenvalue weighted by Crippen LogP contribution is -2.30. The second-order valence-electron chi connectivity index (χ2n) is 5.70. The van der Waals surface area contributed by atoms with Crippen LogP contribution in [0.1, 0.15) is 38.2 Å². The van der Waals surface area contributed by atoms with E-state index < -0.39 is 21.5 Å². The normalized spacial score (nSPS) is 15.9. The summed E-state index contributed by atoms with van der Waals surface area (Å²) >= 11 is 0. The van der Waals surface area contributed by atoms with E-state index in [2.05, 4.69) is 10.6 Å². The first-order valence-corrected chi connectivity index (χ1v) is 9.54. The van der Waals surface area contributed by atoms with Crippen LogP contribution in [0.4, 0.5) is 5.69 Å². The maximum Gasteiger partial charge on any atom is 0.239 e. The van der Waals surface area contributed by atoms with Gasteiger partial charge in [-0.1, -0.05) is 38.0 Å². The number of rotatable bonds is 7. The highest BCUT2D eigenvalue weighted by atomic mass is 32.2. The number of hydrogen-bond donors (Lipinski definition) is 2. The molecule has 0 unspecified atom stereocenters. The Balaban J connectivity index is 2.00. The summed E-state index contributed by atoms with van der Waals surface area (Å²) in [6, 6.07) is 7.45. The average molecular weight is 324 g/mol. The molecule has 5 nitrogen and oxygen atoms in total. The summed E-state index contributed by atoms with van der Waals surface area (Å²) in [5.74, 6) is -0.872. The summed E-state index contributed by atoms with van der Waals surface area (Å²) < 4.78 is 24.4. The van der Waals surface area contributed by atoms with Crippen molar-refractivity contribution >= 4 is 21.4 Å². The predicted octanol–water partition coefficient (Wildman–Crippen LogP) is 2.09. The van der Waals surface area contributed by atoms with Gasteiger partial charge in [0.15, 0.2) is 9.84 Å². The minimum Gasteiger partial charge on any atom is -0.325 e. The Hall–Kier alpha value is -1.40. The quantitative estimate of drug-likeness (QED) is 0.805. The van der Waals surface area contributed by atoms with Crippen LogP contribution in [0.3, 0.4) is 0 Å². The van der Waals surface area contributed by atoms with Gasteiger partial charge in [-0.15, -0.1) is 0 Å². The topological polar surface area (TPSA) is 75.3 Å². The maximum absolute atomic E-state index is 12.2. The van der Waals surface area contributed by atoms with Crippen molar-refractivity contribution in [3.8, 4) is 0 Å². The van der Waals surface area contributed by atoms with Crippen molar-refractivity contribution < 1.29 is 13.2 Å². The Morgan fingerprint density at radius 3 is 2.59 bits per heavy atom. The van der Waals surface area contributed by atoms with Gasteiger partial charge in [0.25, 0.3) is 0 Å². The molecule has 0 bridgehead atoms. The van der Waals surface area contributed by atoms with Crippen molar-refractivity contribution in [2.24, 2.45) is 0 Å². The maximum atomic E-state index is 12.2. The SMILES string of the molecule is CCNCc1ccccc1NC(=O)CS(=O)(=O)C1CCCC1. The van der Waals surface area contributed by atoms with E-state index in [1.807, 2.05) is 25.1 Å². The van der Waals surface area contributed by atoms with Crippen LogP contribution in [0.2, 0.25) is 0 Å². The predicted molar refractivity (Wildman–Crippen MR) is 88.5 cm³/mol. The monoisotopic (exact) mass is 324 g/mol. The summed E-state index contributed by atoms with van der Waals surface area (Å²) in [4.78, 5) is 12.1. The highest BCUT2D eigenvalue weighted by Gasteiger charge is 2.30. The molecule has 122 valence electrons. The van der Waals surface area contributed by atoms with Gasteiger partial charge in [-0.2, -0.15) is 0 Å². The fourth-order valence-electron chi connectivity index (χ4n) is 2.79. The zero-order valence-electron chi connectivity index (χ0n) is 13.0. The standard InChI is InChI=1S/C16H24N2O3S/c1-2-17-11-13-7-3-6-10-15(13)18-16(19)12-22(20,21)14-8-4-5-9-14/h3,6-7,10,14,17H,2,4-5,8-9,11-12H2,1H3,(H,18,19). The molecule has 1 fully saturated rings. The van der Waals surface area contributed by atoms with E-state index in [9.17, 15) is 13.2 Å². The molecule has 1 aliphatic rings. The highest BCUT2D eigenvalue weighted by molar-refractivity contribution is 7.92. The van der Waals surface area contributed by atoms with E-state index >= 15 is 0 Å². The number of sulfone groups is 1.